The molecule has 0 amide bonds. The maximum absolute atomic E-state index is 5.52. The summed E-state index contributed by atoms with van der Waals surface area (Å²) in [4.78, 5) is 2.45. The molecule has 1 aliphatic heterocycles. The third-order valence-corrected chi connectivity index (χ3v) is 4.11. The summed E-state index contributed by atoms with van der Waals surface area (Å²) in [5.41, 5.74) is 4.98. The van der Waals surface area contributed by atoms with Crippen molar-refractivity contribution < 1.29 is 4.74 Å². The van der Waals surface area contributed by atoms with Gasteiger partial charge in [-0.3, -0.25) is 0 Å². The van der Waals surface area contributed by atoms with Gasteiger partial charge in [0.15, 0.2) is 0 Å². The van der Waals surface area contributed by atoms with E-state index in [9.17, 15) is 0 Å². The fourth-order valence-electron chi connectivity index (χ4n) is 2.93. The maximum atomic E-state index is 5.52. The van der Waals surface area contributed by atoms with Gasteiger partial charge in [-0.1, -0.05) is 29.8 Å². The van der Waals surface area contributed by atoms with Crippen molar-refractivity contribution in [3.05, 3.63) is 53.6 Å². The van der Waals surface area contributed by atoms with Gasteiger partial charge in [0.25, 0.3) is 0 Å². The molecule has 2 aromatic carbocycles. The zero-order valence-corrected chi connectivity index (χ0v) is 12.9. The molecule has 2 aromatic rings. The number of anilines is 2. The number of fused-ring (bicyclic) bond motifs is 1. The summed E-state index contributed by atoms with van der Waals surface area (Å²) in [7, 11) is 1.74. The molecular formula is C18H22N2O. The molecule has 21 heavy (non-hydrogen) atoms. The highest BCUT2D eigenvalue weighted by atomic mass is 16.5. The Morgan fingerprint density at radius 1 is 1.24 bits per heavy atom. The normalized spacial score (nSPS) is 17.1. The second kappa shape index (κ2) is 5.68. The zero-order valence-electron chi connectivity index (χ0n) is 12.9. The highest BCUT2D eigenvalue weighted by Gasteiger charge is 2.23. The van der Waals surface area contributed by atoms with Crippen LogP contribution in [0.1, 0.15) is 18.1 Å². The van der Waals surface area contributed by atoms with Crippen LogP contribution >= 0.6 is 0 Å². The Morgan fingerprint density at radius 3 is 2.86 bits per heavy atom. The maximum Gasteiger partial charge on any atom is 0.123 e. The highest BCUT2D eigenvalue weighted by Crippen LogP contribution is 2.33. The SMILES string of the molecule is COc1ccc(C)cc1CN1c2ccccc2NCC1C. The van der Waals surface area contributed by atoms with Gasteiger partial charge in [0.1, 0.15) is 5.75 Å². The van der Waals surface area contributed by atoms with Crippen LogP contribution in [0.4, 0.5) is 11.4 Å². The topological polar surface area (TPSA) is 24.5 Å². The molecule has 0 spiro atoms. The van der Waals surface area contributed by atoms with Gasteiger partial charge in [-0.05, 0) is 32.0 Å². The molecule has 0 saturated carbocycles. The lowest BCUT2D eigenvalue weighted by Crippen LogP contribution is -2.41. The Balaban J connectivity index is 1.96. The Hall–Kier alpha value is -2.16. The predicted molar refractivity (Wildman–Crippen MR) is 88.3 cm³/mol. The molecule has 3 rings (SSSR count). The minimum atomic E-state index is 0.449. The fraction of sp³-hybridized carbons (Fsp3) is 0.333. The molecule has 1 atom stereocenters. The molecule has 1 aliphatic rings. The average Bonchev–Trinajstić information content (AvgIpc) is 2.50. The average molecular weight is 282 g/mol. The number of nitrogens with zero attached hydrogens (tertiary/aromatic N) is 1. The molecule has 1 heterocycles. The van der Waals surface area contributed by atoms with Gasteiger partial charge in [-0.25, -0.2) is 0 Å². The molecule has 3 nitrogen and oxygen atoms in total. The number of hydrogen-bond acceptors (Lipinski definition) is 3. The fourth-order valence-corrected chi connectivity index (χ4v) is 2.93. The van der Waals surface area contributed by atoms with E-state index in [0.29, 0.717) is 6.04 Å². The number of hydrogen-bond donors (Lipinski definition) is 1. The van der Waals surface area contributed by atoms with Crippen molar-refractivity contribution in [2.45, 2.75) is 26.4 Å². The Morgan fingerprint density at radius 2 is 2.05 bits per heavy atom. The summed E-state index contributed by atoms with van der Waals surface area (Å²) < 4.78 is 5.52. The molecule has 1 N–H and O–H groups in total. The van der Waals surface area contributed by atoms with E-state index in [1.54, 1.807) is 7.11 Å². The van der Waals surface area contributed by atoms with Crippen molar-refractivity contribution in [2.24, 2.45) is 0 Å². The molecule has 0 radical (unpaired) electrons. The van der Waals surface area contributed by atoms with Crippen LogP contribution in [0.2, 0.25) is 0 Å². The van der Waals surface area contributed by atoms with E-state index in [1.807, 2.05) is 0 Å². The van der Waals surface area contributed by atoms with Crippen LogP contribution in [0.3, 0.4) is 0 Å². The van der Waals surface area contributed by atoms with Gasteiger partial charge in [0, 0.05) is 24.7 Å². The molecule has 3 heteroatoms. The zero-order chi connectivity index (χ0) is 14.8. The second-order valence-electron chi connectivity index (χ2n) is 5.69. The molecular weight excluding hydrogens is 260 g/mol. The van der Waals surface area contributed by atoms with Crippen LogP contribution in [0.5, 0.6) is 5.75 Å². The number of para-hydroxylation sites is 2. The third-order valence-electron chi connectivity index (χ3n) is 4.11. The van der Waals surface area contributed by atoms with E-state index >= 15 is 0 Å². The summed E-state index contributed by atoms with van der Waals surface area (Å²) in [6, 6.07) is 15.3. The van der Waals surface area contributed by atoms with E-state index < -0.39 is 0 Å². The smallest absolute Gasteiger partial charge is 0.123 e. The van der Waals surface area contributed by atoms with Gasteiger partial charge in [-0.15, -0.1) is 0 Å². The van der Waals surface area contributed by atoms with Crippen LogP contribution in [0, 0.1) is 6.92 Å². The summed E-state index contributed by atoms with van der Waals surface area (Å²) >= 11 is 0. The minimum absolute atomic E-state index is 0.449. The van der Waals surface area contributed by atoms with Crippen LogP contribution in [0.15, 0.2) is 42.5 Å². The minimum Gasteiger partial charge on any atom is -0.496 e. The lowest BCUT2D eigenvalue weighted by Gasteiger charge is -2.38. The first kappa shape index (κ1) is 13.8. The molecule has 110 valence electrons. The summed E-state index contributed by atoms with van der Waals surface area (Å²) in [6.07, 6.45) is 0. The number of ether oxygens (including phenoxy) is 1. The van der Waals surface area contributed by atoms with E-state index in [4.69, 9.17) is 4.74 Å². The van der Waals surface area contributed by atoms with E-state index in [0.717, 1.165) is 18.8 Å². The first-order valence-electron chi connectivity index (χ1n) is 7.42. The number of aryl methyl sites for hydroxylation is 1. The van der Waals surface area contributed by atoms with Crippen molar-refractivity contribution in [3.63, 3.8) is 0 Å². The van der Waals surface area contributed by atoms with Crippen molar-refractivity contribution in [1.29, 1.82) is 0 Å². The van der Waals surface area contributed by atoms with Gasteiger partial charge in [0.2, 0.25) is 0 Å². The van der Waals surface area contributed by atoms with Crippen LogP contribution in [-0.4, -0.2) is 19.7 Å². The van der Waals surface area contributed by atoms with Crippen molar-refractivity contribution >= 4 is 11.4 Å². The van der Waals surface area contributed by atoms with Gasteiger partial charge in [0.05, 0.1) is 18.5 Å². The number of nitrogens with one attached hydrogen (secondary N) is 1. The van der Waals surface area contributed by atoms with Crippen molar-refractivity contribution in [3.8, 4) is 5.75 Å². The Bertz CT molecular complexity index is 639. The first-order chi connectivity index (χ1) is 10.2. The summed E-state index contributed by atoms with van der Waals surface area (Å²) in [5.74, 6) is 0.962. The molecule has 0 fully saturated rings. The molecule has 0 bridgehead atoms. The Labute approximate surface area is 126 Å². The van der Waals surface area contributed by atoms with Crippen molar-refractivity contribution in [1.82, 2.24) is 0 Å². The summed E-state index contributed by atoms with van der Waals surface area (Å²) in [6.45, 7) is 6.21. The molecule has 1 unspecified atom stereocenters. The van der Waals surface area contributed by atoms with Gasteiger partial charge >= 0.3 is 0 Å². The van der Waals surface area contributed by atoms with Crippen LogP contribution in [-0.2, 0) is 6.54 Å². The lowest BCUT2D eigenvalue weighted by atomic mass is 10.1. The molecule has 0 aliphatic carbocycles. The predicted octanol–water partition coefficient (Wildman–Crippen LogP) is 3.82. The highest BCUT2D eigenvalue weighted by molar-refractivity contribution is 5.72. The quantitative estimate of drug-likeness (QED) is 0.926. The standard InChI is InChI=1S/C18H22N2O/c1-13-8-9-18(21-3)15(10-13)12-20-14(2)11-19-16-6-4-5-7-17(16)20/h4-10,14,19H,11-12H2,1-3H3. The first-order valence-corrected chi connectivity index (χ1v) is 7.42. The number of benzene rings is 2. The van der Waals surface area contributed by atoms with Crippen LogP contribution in [0.25, 0.3) is 0 Å². The lowest BCUT2D eigenvalue weighted by molar-refractivity contribution is 0.408. The number of methoxy groups -OCH3 is 1. The van der Waals surface area contributed by atoms with E-state index in [2.05, 4.69) is 66.5 Å². The largest absolute Gasteiger partial charge is 0.496 e. The Kier molecular flexibility index (Phi) is 3.74. The number of rotatable bonds is 3. The second-order valence-corrected chi connectivity index (χ2v) is 5.69. The summed E-state index contributed by atoms with van der Waals surface area (Å²) in [5, 5.41) is 3.50. The molecule has 0 saturated heterocycles. The molecule has 0 aromatic heterocycles. The van der Waals surface area contributed by atoms with Crippen molar-refractivity contribution in [2.75, 3.05) is 23.9 Å². The van der Waals surface area contributed by atoms with Gasteiger partial charge in [-0.2, -0.15) is 0 Å². The monoisotopic (exact) mass is 282 g/mol. The van der Waals surface area contributed by atoms with E-state index in [-0.39, 0.29) is 0 Å². The van der Waals surface area contributed by atoms with Gasteiger partial charge < -0.3 is 15.0 Å². The van der Waals surface area contributed by atoms with E-state index in [1.165, 1.54) is 22.5 Å². The van der Waals surface area contributed by atoms with Crippen LogP contribution < -0.4 is 15.0 Å². The third kappa shape index (κ3) is 2.68.